The third-order valence-electron chi connectivity index (χ3n) is 8.28. The second-order valence-electron chi connectivity index (χ2n) is 9.11. The van der Waals surface area contributed by atoms with Gasteiger partial charge in [0.2, 0.25) is 11.8 Å². The first kappa shape index (κ1) is 17.2. The Bertz CT molecular complexity index is 941. The van der Waals surface area contributed by atoms with Crippen LogP contribution in [0.25, 0.3) is 0 Å². The maximum Gasteiger partial charge on any atom is 0.341 e. The SMILES string of the molecule is COC(=O)c1cc(N2C(=O)C3C4CC(C3C2=O)C2C3C=CC(C3)C42)ccc1OC. The lowest BCUT2D eigenvalue weighted by Gasteiger charge is -2.36. The molecule has 4 aliphatic carbocycles. The van der Waals surface area contributed by atoms with Gasteiger partial charge in [-0.15, -0.1) is 0 Å². The minimum Gasteiger partial charge on any atom is -0.496 e. The van der Waals surface area contributed by atoms with E-state index in [2.05, 4.69) is 12.2 Å². The number of amides is 2. The van der Waals surface area contributed by atoms with E-state index in [-0.39, 0.29) is 29.2 Å². The van der Waals surface area contributed by atoms with Crippen LogP contribution in [0.3, 0.4) is 0 Å². The van der Waals surface area contributed by atoms with E-state index in [9.17, 15) is 14.4 Å². The van der Waals surface area contributed by atoms with Gasteiger partial charge in [-0.05, 0) is 66.5 Å². The van der Waals surface area contributed by atoms with Crippen LogP contribution in [0.15, 0.2) is 30.4 Å². The smallest absolute Gasteiger partial charge is 0.341 e. The number of hydrogen-bond donors (Lipinski definition) is 0. The number of allylic oxidation sites excluding steroid dienone is 2. The molecule has 2 amide bonds. The molecule has 6 heteroatoms. The van der Waals surface area contributed by atoms with Gasteiger partial charge < -0.3 is 9.47 Å². The van der Waals surface area contributed by atoms with E-state index in [0.29, 0.717) is 46.9 Å². The fourth-order valence-corrected chi connectivity index (χ4v) is 7.48. The number of ether oxygens (including phenoxy) is 2. The average Bonchev–Trinajstić information content (AvgIpc) is 3.53. The molecule has 1 aromatic carbocycles. The molecule has 6 rings (SSSR count). The van der Waals surface area contributed by atoms with Crippen molar-refractivity contribution in [2.45, 2.75) is 12.8 Å². The molecule has 0 radical (unpaired) electrons. The maximum atomic E-state index is 13.4. The highest BCUT2D eigenvalue weighted by molar-refractivity contribution is 6.23. The monoisotopic (exact) mass is 393 g/mol. The summed E-state index contributed by atoms with van der Waals surface area (Å²) in [7, 11) is 2.76. The van der Waals surface area contributed by atoms with Gasteiger partial charge in [0.15, 0.2) is 0 Å². The molecule has 5 aliphatic rings. The Hall–Kier alpha value is -2.63. The van der Waals surface area contributed by atoms with Gasteiger partial charge in [0.05, 0.1) is 31.7 Å². The van der Waals surface area contributed by atoms with Crippen LogP contribution >= 0.6 is 0 Å². The van der Waals surface area contributed by atoms with Gasteiger partial charge in [0, 0.05) is 0 Å². The molecule has 0 spiro atoms. The summed E-state index contributed by atoms with van der Waals surface area (Å²) in [5.74, 6) is 2.13. The van der Waals surface area contributed by atoms with Crippen LogP contribution < -0.4 is 9.64 Å². The fraction of sp³-hybridized carbons (Fsp3) is 0.522. The van der Waals surface area contributed by atoms with Crippen LogP contribution in [0.1, 0.15) is 23.2 Å². The van der Waals surface area contributed by atoms with Crippen molar-refractivity contribution in [1.82, 2.24) is 0 Å². The molecular weight excluding hydrogens is 370 g/mol. The van der Waals surface area contributed by atoms with Gasteiger partial charge in [-0.25, -0.2) is 4.79 Å². The van der Waals surface area contributed by atoms with Crippen molar-refractivity contribution >= 4 is 23.5 Å². The Morgan fingerprint density at radius 1 is 0.966 bits per heavy atom. The first-order valence-corrected chi connectivity index (χ1v) is 10.4. The maximum absolute atomic E-state index is 13.4. The minimum atomic E-state index is -0.555. The molecule has 3 saturated carbocycles. The summed E-state index contributed by atoms with van der Waals surface area (Å²) in [6.45, 7) is 0. The highest BCUT2D eigenvalue weighted by atomic mass is 16.5. The number of fused-ring (bicyclic) bond motifs is 12. The van der Waals surface area contributed by atoms with Gasteiger partial charge in [-0.2, -0.15) is 0 Å². The van der Waals surface area contributed by atoms with Crippen molar-refractivity contribution in [3.8, 4) is 5.75 Å². The van der Waals surface area contributed by atoms with E-state index in [1.54, 1.807) is 12.1 Å². The van der Waals surface area contributed by atoms with Crippen LogP contribution in [0.5, 0.6) is 5.75 Å². The highest BCUT2D eigenvalue weighted by Crippen LogP contribution is 2.70. The number of imide groups is 1. The zero-order valence-electron chi connectivity index (χ0n) is 16.4. The highest BCUT2D eigenvalue weighted by Gasteiger charge is 2.71. The lowest BCUT2D eigenvalue weighted by atomic mass is 9.65. The molecule has 1 aliphatic heterocycles. The number of carbonyl (C=O) groups excluding carboxylic acids is 3. The van der Waals surface area contributed by atoms with Crippen LogP contribution in [0.4, 0.5) is 5.69 Å². The molecule has 4 bridgehead atoms. The Morgan fingerprint density at radius 2 is 1.59 bits per heavy atom. The third kappa shape index (κ3) is 1.99. The number of rotatable bonds is 3. The second-order valence-corrected chi connectivity index (χ2v) is 9.11. The predicted octanol–water partition coefficient (Wildman–Crippen LogP) is 2.68. The molecule has 8 unspecified atom stereocenters. The number of anilines is 1. The molecule has 1 aromatic rings. The van der Waals surface area contributed by atoms with E-state index in [4.69, 9.17) is 9.47 Å². The van der Waals surface area contributed by atoms with Crippen molar-refractivity contribution in [3.63, 3.8) is 0 Å². The Labute approximate surface area is 168 Å². The number of benzene rings is 1. The lowest BCUT2D eigenvalue weighted by molar-refractivity contribution is -0.123. The summed E-state index contributed by atoms with van der Waals surface area (Å²) in [6, 6.07) is 4.83. The fourth-order valence-electron chi connectivity index (χ4n) is 7.48. The molecule has 0 aromatic heterocycles. The lowest BCUT2D eigenvalue weighted by Crippen LogP contribution is -2.38. The van der Waals surface area contributed by atoms with Crippen molar-refractivity contribution in [1.29, 1.82) is 0 Å². The Balaban J connectivity index is 1.37. The number of esters is 1. The van der Waals surface area contributed by atoms with Crippen molar-refractivity contribution in [2.75, 3.05) is 19.1 Å². The second kappa shape index (κ2) is 5.71. The third-order valence-corrected chi connectivity index (χ3v) is 8.28. The molecular formula is C23H23NO5. The first-order valence-electron chi connectivity index (χ1n) is 10.4. The molecule has 1 heterocycles. The van der Waals surface area contributed by atoms with E-state index in [1.807, 2.05) is 0 Å². The number of nitrogens with zero attached hydrogens (tertiary/aromatic N) is 1. The minimum absolute atomic E-state index is 0.0984. The van der Waals surface area contributed by atoms with Crippen molar-refractivity contribution in [2.24, 2.45) is 47.3 Å². The van der Waals surface area contributed by atoms with Crippen molar-refractivity contribution in [3.05, 3.63) is 35.9 Å². The van der Waals surface area contributed by atoms with Crippen LogP contribution in [0, 0.1) is 47.3 Å². The van der Waals surface area contributed by atoms with Gasteiger partial charge >= 0.3 is 5.97 Å². The molecule has 150 valence electrons. The summed E-state index contributed by atoms with van der Waals surface area (Å²) in [6.07, 6.45) is 6.90. The van der Waals surface area contributed by atoms with Crippen molar-refractivity contribution < 1.29 is 23.9 Å². The Kier molecular flexibility index (Phi) is 3.40. The molecule has 1 saturated heterocycles. The summed E-state index contributed by atoms with van der Waals surface area (Å²) < 4.78 is 10.1. The quantitative estimate of drug-likeness (QED) is 0.342. The predicted molar refractivity (Wildman–Crippen MR) is 103 cm³/mol. The van der Waals surface area contributed by atoms with Gasteiger partial charge in [-0.1, -0.05) is 12.2 Å². The van der Waals surface area contributed by atoms with Gasteiger partial charge in [-0.3, -0.25) is 14.5 Å². The topological polar surface area (TPSA) is 72.9 Å². The Morgan fingerprint density at radius 3 is 2.14 bits per heavy atom. The van der Waals surface area contributed by atoms with E-state index in [0.717, 1.165) is 6.42 Å². The van der Waals surface area contributed by atoms with Crippen LogP contribution in [-0.4, -0.2) is 32.0 Å². The molecule has 8 atom stereocenters. The number of hydrogen-bond acceptors (Lipinski definition) is 5. The summed E-state index contributed by atoms with van der Waals surface area (Å²) >= 11 is 0. The molecule has 6 nitrogen and oxygen atoms in total. The zero-order valence-corrected chi connectivity index (χ0v) is 16.4. The van der Waals surface area contributed by atoms with E-state index in [1.165, 1.54) is 31.6 Å². The number of carbonyl (C=O) groups is 3. The molecule has 4 fully saturated rings. The molecule has 29 heavy (non-hydrogen) atoms. The summed E-state index contributed by atoms with van der Waals surface area (Å²) in [5.41, 5.74) is 0.647. The van der Waals surface area contributed by atoms with E-state index < -0.39 is 5.97 Å². The van der Waals surface area contributed by atoms with E-state index >= 15 is 0 Å². The van der Waals surface area contributed by atoms with Crippen LogP contribution in [-0.2, 0) is 14.3 Å². The summed E-state index contributed by atoms with van der Waals surface area (Å²) in [5, 5.41) is 0. The first-order chi connectivity index (χ1) is 14.0. The van der Waals surface area contributed by atoms with Gasteiger partial charge in [0.1, 0.15) is 11.3 Å². The van der Waals surface area contributed by atoms with Gasteiger partial charge in [0.25, 0.3) is 0 Å². The average molecular weight is 393 g/mol. The van der Waals surface area contributed by atoms with Crippen LogP contribution in [0.2, 0.25) is 0 Å². The zero-order chi connectivity index (χ0) is 20.0. The summed E-state index contributed by atoms with van der Waals surface area (Å²) in [4.78, 5) is 40.3. The molecule has 0 N–H and O–H groups in total. The number of methoxy groups -OCH3 is 2. The standard InChI is InChI=1S/C23H23NO5/c1-28-16-6-5-12(8-13(16)23(27)29-2)24-21(25)19-14-9-15(20(19)22(24)26)18-11-4-3-10(7-11)17(14)18/h3-6,8,10-11,14-15,17-20H,7,9H2,1-2H3. The normalized spacial score (nSPS) is 40.6. The largest absolute Gasteiger partial charge is 0.496 e.